The van der Waals surface area contributed by atoms with Crippen LogP contribution in [0.3, 0.4) is 0 Å². The van der Waals surface area contributed by atoms with E-state index in [-0.39, 0.29) is 30.8 Å². The lowest BCUT2D eigenvalue weighted by atomic mass is 10.1. The predicted octanol–water partition coefficient (Wildman–Crippen LogP) is 1.77. The third-order valence-electron chi connectivity index (χ3n) is 4.46. The number of rotatable bonds is 3. The number of hydrogen-bond donors (Lipinski definition) is 0. The Morgan fingerprint density at radius 3 is 2.33 bits per heavy atom. The Balaban J connectivity index is 1.79. The highest BCUT2D eigenvalue weighted by Crippen LogP contribution is 2.29. The van der Waals surface area contributed by atoms with Crippen molar-refractivity contribution in [1.82, 2.24) is 18.7 Å². The molecule has 1 aliphatic rings. The normalized spacial score (nSPS) is 17.4. The summed E-state index contributed by atoms with van der Waals surface area (Å²) in [6, 6.07) is 3.92. The molecule has 0 aliphatic carbocycles. The van der Waals surface area contributed by atoms with Gasteiger partial charge < -0.3 is 0 Å². The van der Waals surface area contributed by atoms with Crippen molar-refractivity contribution in [3.8, 4) is 0 Å². The van der Waals surface area contributed by atoms with Crippen molar-refractivity contribution in [2.24, 2.45) is 7.05 Å². The summed E-state index contributed by atoms with van der Waals surface area (Å²) < 4.78 is 79.4. The summed E-state index contributed by atoms with van der Waals surface area (Å²) in [5.74, 6) is -1.99. The molecule has 1 saturated heterocycles. The molecule has 0 unspecified atom stereocenters. The molecule has 1 aromatic heterocycles. The lowest BCUT2D eigenvalue weighted by Crippen LogP contribution is -2.41. The third-order valence-corrected chi connectivity index (χ3v) is 6.35. The molecule has 0 amide bonds. The summed E-state index contributed by atoms with van der Waals surface area (Å²) in [5, 5.41) is 3.39. The van der Waals surface area contributed by atoms with Crippen LogP contribution in [0.15, 0.2) is 34.0 Å². The second-order valence-electron chi connectivity index (χ2n) is 6.20. The molecule has 1 fully saturated rings. The zero-order chi connectivity index (χ0) is 20.0. The Morgan fingerprint density at radius 1 is 1.19 bits per heavy atom. The molecule has 1 aliphatic heterocycles. The van der Waals surface area contributed by atoms with Gasteiger partial charge in [0.1, 0.15) is 5.82 Å². The average Bonchev–Trinajstić information content (AvgIpc) is 2.91. The minimum atomic E-state index is -4.76. The number of hydrogen-bond acceptors (Lipinski definition) is 4. The van der Waals surface area contributed by atoms with Crippen LogP contribution in [0, 0.1) is 5.82 Å². The van der Waals surface area contributed by atoms with Crippen molar-refractivity contribution in [3.63, 3.8) is 0 Å². The van der Waals surface area contributed by atoms with E-state index < -0.39 is 39.6 Å². The highest BCUT2D eigenvalue weighted by molar-refractivity contribution is 7.89. The first-order valence-electron chi connectivity index (χ1n) is 8.00. The predicted molar refractivity (Wildman–Crippen MR) is 85.9 cm³/mol. The zero-order valence-electron chi connectivity index (χ0n) is 14.1. The Bertz CT molecular complexity index is 1000. The molecule has 0 radical (unpaired) electrons. The van der Waals surface area contributed by atoms with Gasteiger partial charge in [0.2, 0.25) is 15.8 Å². The van der Waals surface area contributed by atoms with Crippen LogP contribution in [0.2, 0.25) is 0 Å². The number of halogens is 4. The topological polar surface area (TPSA) is 77.2 Å². The van der Waals surface area contributed by atoms with Gasteiger partial charge in [-0.05, 0) is 31.0 Å². The maximum Gasteiger partial charge on any atom is 0.451 e. The highest BCUT2D eigenvalue weighted by atomic mass is 32.2. The summed E-state index contributed by atoms with van der Waals surface area (Å²) in [5.41, 5.74) is -0.909. The Morgan fingerprint density at radius 2 is 1.81 bits per heavy atom. The fraction of sp³-hybridized carbons (Fsp3) is 0.467. The van der Waals surface area contributed by atoms with Gasteiger partial charge in [0.15, 0.2) is 0 Å². The molecular formula is C15H16F4N4O3S. The van der Waals surface area contributed by atoms with Crippen LogP contribution in [-0.2, 0) is 23.2 Å². The van der Waals surface area contributed by atoms with Gasteiger partial charge in [0.25, 0.3) is 0 Å². The summed E-state index contributed by atoms with van der Waals surface area (Å²) >= 11 is 0. The van der Waals surface area contributed by atoms with Gasteiger partial charge in [0.05, 0.1) is 10.9 Å². The molecule has 2 heterocycles. The first-order valence-corrected chi connectivity index (χ1v) is 9.44. The Labute approximate surface area is 151 Å². The van der Waals surface area contributed by atoms with Crippen molar-refractivity contribution < 1.29 is 26.0 Å². The summed E-state index contributed by atoms with van der Waals surface area (Å²) in [6.45, 7) is -0.0399. The minimum absolute atomic E-state index is 0.0200. The summed E-state index contributed by atoms with van der Waals surface area (Å²) in [6.07, 6.45) is -4.54. The third kappa shape index (κ3) is 3.63. The quantitative estimate of drug-likeness (QED) is 0.726. The largest absolute Gasteiger partial charge is 0.451 e. The van der Waals surface area contributed by atoms with Gasteiger partial charge in [0, 0.05) is 20.1 Å². The van der Waals surface area contributed by atoms with Crippen LogP contribution >= 0.6 is 0 Å². The van der Waals surface area contributed by atoms with E-state index in [2.05, 4.69) is 5.10 Å². The number of sulfonamides is 1. The molecule has 27 heavy (non-hydrogen) atoms. The lowest BCUT2D eigenvalue weighted by Gasteiger charge is -2.30. The van der Waals surface area contributed by atoms with E-state index in [1.807, 2.05) is 0 Å². The van der Waals surface area contributed by atoms with Crippen LogP contribution < -0.4 is 5.69 Å². The van der Waals surface area contributed by atoms with E-state index >= 15 is 0 Å². The summed E-state index contributed by atoms with van der Waals surface area (Å²) in [7, 11) is -2.94. The maximum atomic E-state index is 13.3. The highest BCUT2D eigenvalue weighted by Gasteiger charge is 2.39. The molecule has 0 bridgehead atoms. The molecule has 0 spiro atoms. The van der Waals surface area contributed by atoms with Crippen molar-refractivity contribution >= 4 is 10.0 Å². The van der Waals surface area contributed by atoms with Crippen LogP contribution in [0.25, 0.3) is 0 Å². The molecule has 3 rings (SSSR count). The Kier molecular flexibility index (Phi) is 4.89. The van der Waals surface area contributed by atoms with Gasteiger partial charge in [-0.3, -0.25) is 4.57 Å². The average molecular weight is 408 g/mol. The minimum Gasteiger partial charge on any atom is -0.274 e. The number of piperidine rings is 1. The molecule has 7 nitrogen and oxygen atoms in total. The van der Waals surface area contributed by atoms with Crippen molar-refractivity contribution in [1.29, 1.82) is 0 Å². The second-order valence-corrected chi connectivity index (χ2v) is 8.14. The first-order chi connectivity index (χ1) is 12.5. The molecule has 0 saturated carbocycles. The molecule has 2 aromatic rings. The molecule has 12 heteroatoms. The Hall–Kier alpha value is -2.21. The van der Waals surface area contributed by atoms with Crippen molar-refractivity contribution in [2.75, 3.05) is 13.1 Å². The molecule has 1 aromatic carbocycles. The second kappa shape index (κ2) is 6.75. The van der Waals surface area contributed by atoms with E-state index in [0.29, 0.717) is 4.57 Å². The SMILES string of the molecule is Cn1c(C(F)(F)F)nn(C2CCN(S(=O)(=O)c3cccc(F)c3)CC2)c1=O. The number of alkyl halides is 3. The smallest absolute Gasteiger partial charge is 0.274 e. The number of nitrogens with zero attached hydrogens (tertiary/aromatic N) is 4. The fourth-order valence-corrected chi connectivity index (χ4v) is 4.55. The van der Waals surface area contributed by atoms with Crippen LogP contribution in [0.5, 0.6) is 0 Å². The van der Waals surface area contributed by atoms with Crippen LogP contribution in [-0.4, -0.2) is 40.2 Å². The monoisotopic (exact) mass is 408 g/mol. The van der Waals surface area contributed by atoms with Gasteiger partial charge in [-0.25, -0.2) is 22.3 Å². The van der Waals surface area contributed by atoms with Crippen molar-refractivity contribution in [3.05, 3.63) is 46.4 Å². The van der Waals surface area contributed by atoms with Crippen LogP contribution in [0.1, 0.15) is 24.7 Å². The van der Waals surface area contributed by atoms with E-state index in [1.165, 1.54) is 12.1 Å². The van der Waals surface area contributed by atoms with E-state index in [4.69, 9.17) is 0 Å². The van der Waals surface area contributed by atoms with Crippen molar-refractivity contribution in [2.45, 2.75) is 30.0 Å². The van der Waals surface area contributed by atoms with Crippen LogP contribution in [0.4, 0.5) is 17.6 Å². The molecular weight excluding hydrogens is 392 g/mol. The summed E-state index contributed by atoms with van der Waals surface area (Å²) in [4.78, 5) is 11.9. The van der Waals surface area contributed by atoms with Gasteiger partial charge >= 0.3 is 11.9 Å². The maximum absolute atomic E-state index is 13.3. The molecule has 0 atom stereocenters. The van der Waals surface area contributed by atoms with Gasteiger partial charge in [-0.2, -0.15) is 17.5 Å². The first kappa shape index (κ1) is 19.5. The standard InChI is InChI=1S/C15H16F4N4O3S/c1-21-13(15(17,18)19)20-23(14(21)24)11-5-7-22(8-6-11)27(25,26)12-4-2-3-10(16)9-12/h2-4,9,11H,5-8H2,1H3. The fourth-order valence-electron chi connectivity index (χ4n) is 3.04. The van der Waals surface area contributed by atoms with Gasteiger partial charge in [-0.15, -0.1) is 5.10 Å². The molecule has 0 N–H and O–H groups in total. The van der Waals surface area contributed by atoms with E-state index in [9.17, 15) is 30.8 Å². The van der Waals surface area contributed by atoms with Gasteiger partial charge in [-0.1, -0.05) is 6.07 Å². The zero-order valence-corrected chi connectivity index (χ0v) is 15.0. The number of aromatic nitrogens is 3. The van der Waals surface area contributed by atoms with E-state index in [1.54, 1.807) is 0 Å². The number of benzene rings is 1. The lowest BCUT2D eigenvalue weighted by molar-refractivity contribution is -0.147. The molecule has 148 valence electrons. The van der Waals surface area contributed by atoms with E-state index in [0.717, 1.165) is 28.2 Å².